The summed E-state index contributed by atoms with van der Waals surface area (Å²) in [6.07, 6.45) is 0. The number of rotatable bonds is 3. The van der Waals surface area contributed by atoms with Gasteiger partial charge in [0, 0.05) is 0 Å². The molecule has 0 fully saturated rings. The van der Waals surface area contributed by atoms with E-state index in [0.29, 0.717) is 5.13 Å². The molecule has 0 bridgehead atoms. The Balaban J connectivity index is 1.85. The van der Waals surface area contributed by atoms with Crippen molar-refractivity contribution >= 4 is 33.7 Å². The molecular formula is C16H14N2OS2. The van der Waals surface area contributed by atoms with Crippen LogP contribution in [0.2, 0.25) is 0 Å². The second-order valence-electron chi connectivity index (χ2n) is 4.69. The fraction of sp³-hybridized carbons (Fsp3) is 0.125. The number of benzene rings is 1. The summed E-state index contributed by atoms with van der Waals surface area (Å²) in [6.45, 7) is 3.90. The van der Waals surface area contributed by atoms with E-state index in [4.69, 9.17) is 0 Å². The van der Waals surface area contributed by atoms with Crippen LogP contribution in [0.3, 0.4) is 0 Å². The highest BCUT2D eigenvalue weighted by molar-refractivity contribution is 7.19. The van der Waals surface area contributed by atoms with E-state index in [9.17, 15) is 4.79 Å². The van der Waals surface area contributed by atoms with Gasteiger partial charge in [0.1, 0.15) is 0 Å². The lowest BCUT2D eigenvalue weighted by Crippen LogP contribution is -2.10. The van der Waals surface area contributed by atoms with Crippen molar-refractivity contribution in [2.24, 2.45) is 0 Å². The Morgan fingerprint density at radius 3 is 2.57 bits per heavy atom. The first-order valence-corrected chi connectivity index (χ1v) is 8.23. The van der Waals surface area contributed by atoms with Gasteiger partial charge in [-0.15, -0.1) is 11.3 Å². The van der Waals surface area contributed by atoms with E-state index in [0.717, 1.165) is 26.6 Å². The third-order valence-electron chi connectivity index (χ3n) is 3.12. The van der Waals surface area contributed by atoms with Gasteiger partial charge in [0.15, 0.2) is 5.13 Å². The van der Waals surface area contributed by atoms with E-state index >= 15 is 0 Å². The number of amides is 1. The van der Waals surface area contributed by atoms with Gasteiger partial charge in [0.05, 0.1) is 15.4 Å². The number of hydrogen-bond acceptors (Lipinski definition) is 4. The van der Waals surface area contributed by atoms with Crippen molar-refractivity contribution in [3.63, 3.8) is 0 Å². The number of nitrogens with one attached hydrogen (secondary N) is 1. The number of thiophene rings is 1. The smallest absolute Gasteiger partial charge is 0.267 e. The minimum atomic E-state index is -0.0872. The van der Waals surface area contributed by atoms with Gasteiger partial charge in [0.25, 0.3) is 5.91 Å². The highest BCUT2D eigenvalue weighted by Crippen LogP contribution is 2.32. The molecule has 2 heterocycles. The normalized spacial score (nSPS) is 10.6. The molecule has 3 rings (SSSR count). The highest BCUT2D eigenvalue weighted by atomic mass is 32.1. The van der Waals surface area contributed by atoms with Gasteiger partial charge in [-0.2, -0.15) is 0 Å². The average Bonchev–Trinajstić information content (AvgIpc) is 3.06. The van der Waals surface area contributed by atoms with Crippen LogP contribution in [0.25, 0.3) is 10.4 Å². The SMILES string of the molecule is Cc1ccsc1C(=O)Nc1nc(C)c(-c2ccccc2)s1. The lowest BCUT2D eigenvalue weighted by atomic mass is 10.2. The standard InChI is InChI=1S/C16H14N2OS2/c1-10-8-9-20-13(10)15(19)18-16-17-11(2)14(21-16)12-6-4-3-5-7-12/h3-9H,1-2H3,(H,17,18,19). The van der Waals surface area contributed by atoms with Gasteiger partial charge >= 0.3 is 0 Å². The lowest BCUT2D eigenvalue weighted by Gasteiger charge is -1.99. The molecular weight excluding hydrogens is 300 g/mol. The Kier molecular flexibility index (Phi) is 3.86. The third-order valence-corrected chi connectivity index (χ3v) is 5.26. The molecule has 0 aliphatic heterocycles. The Hall–Kier alpha value is -1.98. The zero-order valence-electron chi connectivity index (χ0n) is 11.7. The van der Waals surface area contributed by atoms with Gasteiger partial charge in [-0.3, -0.25) is 10.1 Å². The van der Waals surface area contributed by atoms with Gasteiger partial charge in [-0.1, -0.05) is 41.7 Å². The molecule has 0 atom stereocenters. The summed E-state index contributed by atoms with van der Waals surface area (Å²) in [5.74, 6) is -0.0872. The summed E-state index contributed by atoms with van der Waals surface area (Å²) in [5, 5.41) is 5.46. The first-order valence-electron chi connectivity index (χ1n) is 6.53. The quantitative estimate of drug-likeness (QED) is 0.758. The van der Waals surface area contributed by atoms with Crippen LogP contribution < -0.4 is 5.32 Å². The van der Waals surface area contributed by atoms with Crippen molar-refractivity contribution in [2.45, 2.75) is 13.8 Å². The molecule has 3 nitrogen and oxygen atoms in total. The number of aromatic nitrogens is 1. The van der Waals surface area contributed by atoms with Gasteiger partial charge in [-0.05, 0) is 36.4 Å². The van der Waals surface area contributed by atoms with Crippen LogP contribution in [0.4, 0.5) is 5.13 Å². The number of carbonyl (C=O) groups excluding carboxylic acids is 1. The molecule has 0 saturated heterocycles. The Labute approximate surface area is 131 Å². The van der Waals surface area contributed by atoms with Crippen LogP contribution in [0.15, 0.2) is 41.8 Å². The van der Waals surface area contributed by atoms with E-state index in [1.54, 1.807) is 0 Å². The summed E-state index contributed by atoms with van der Waals surface area (Å²) in [5.41, 5.74) is 3.05. The van der Waals surface area contributed by atoms with Crippen molar-refractivity contribution in [2.75, 3.05) is 5.32 Å². The van der Waals surface area contributed by atoms with Gasteiger partial charge in [-0.25, -0.2) is 4.98 Å². The molecule has 2 aromatic heterocycles. The average molecular weight is 314 g/mol. The Bertz CT molecular complexity index is 775. The van der Waals surface area contributed by atoms with Crippen molar-refractivity contribution in [3.05, 3.63) is 57.9 Å². The lowest BCUT2D eigenvalue weighted by molar-refractivity contribution is 0.103. The summed E-state index contributed by atoms with van der Waals surface area (Å²) in [7, 11) is 0. The zero-order valence-corrected chi connectivity index (χ0v) is 13.3. The Morgan fingerprint density at radius 1 is 1.14 bits per heavy atom. The number of hydrogen-bond donors (Lipinski definition) is 1. The summed E-state index contributed by atoms with van der Waals surface area (Å²) < 4.78 is 0. The molecule has 0 aliphatic rings. The van der Waals surface area contributed by atoms with Crippen molar-refractivity contribution in [1.29, 1.82) is 0 Å². The van der Waals surface area contributed by atoms with Crippen molar-refractivity contribution in [3.8, 4) is 10.4 Å². The maximum atomic E-state index is 12.2. The monoisotopic (exact) mass is 314 g/mol. The fourth-order valence-corrected chi connectivity index (χ4v) is 3.85. The van der Waals surface area contributed by atoms with Gasteiger partial charge < -0.3 is 0 Å². The molecule has 1 amide bonds. The molecule has 0 radical (unpaired) electrons. The molecule has 1 N–H and O–H groups in total. The number of aryl methyl sites for hydroxylation is 2. The molecule has 0 unspecified atom stereocenters. The second kappa shape index (κ2) is 5.79. The predicted octanol–water partition coefficient (Wildman–Crippen LogP) is 4.74. The van der Waals surface area contributed by atoms with E-state index in [2.05, 4.69) is 22.4 Å². The molecule has 106 valence electrons. The fourth-order valence-electron chi connectivity index (χ4n) is 2.07. The molecule has 3 aromatic rings. The maximum Gasteiger partial charge on any atom is 0.267 e. The van der Waals surface area contributed by atoms with Crippen LogP contribution in [0.1, 0.15) is 20.9 Å². The Morgan fingerprint density at radius 2 is 1.90 bits per heavy atom. The van der Waals surface area contributed by atoms with E-state index in [1.807, 2.05) is 43.5 Å². The van der Waals surface area contributed by atoms with E-state index in [1.165, 1.54) is 22.7 Å². The van der Waals surface area contributed by atoms with E-state index < -0.39 is 0 Å². The first-order chi connectivity index (χ1) is 10.1. The maximum absolute atomic E-state index is 12.2. The molecule has 5 heteroatoms. The highest BCUT2D eigenvalue weighted by Gasteiger charge is 2.15. The second-order valence-corrected chi connectivity index (χ2v) is 6.60. The molecule has 0 spiro atoms. The number of thiazole rings is 1. The molecule has 0 aliphatic carbocycles. The van der Waals surface area contributed by atoms with E-state index in [-0.39, 0.29) is 5.91 Å². The number of carbonyl (C=O) groups is 1. The first kappa shape index (κ1) is 14.0. The molecule has 21 heavy (non-hydrogen) atoms. The van der Waals surface area contributed by atoms with Crippen LogP contribution in [-0.4, -0.2) is 10.9 Å². The van der Waals surface area contributed by atoms with Crippen molar-refractivity contribution < 1.29 is 4.79 Å². The zero-order chi connectivity index (χ0) is 14.8. The largest absolute Gasteiger partial charge is 0.297 e. The molecule has 1 aromatic carbocycles. The van der Waals surface area contributed by atoms with Gasteiger partial charge in [0.2, 0.25) is 0 Å². The summed E-state index contributed by atoms with van der Waals surface area (Å²) in [6, 6.07) is 12.0. The number of nitrogens with zero attached hydrogens (tertiary/aromatic N) is 1. The minimum Gasteiger partial charge on any atom is -0.297 e. The van der Waals surface area contributed by atoms with Crippen LogP contribution in [0, 0.1) is 13.8 Å². The van der Waals surface area contributed by atoms with Crippen LogP contribution in [-0.2, 0) is 0 Å². The molecule has 0 saturated carbocycles. The van der Waals surface area contributed by atoms with Crippen LogP contribution >= 0.6 is 22.7 Å². The summed E-state index contributed by atoms with van der Waals surface area (Å²) >= 11 is 2.95. The van der Waals surface area contributed by atoms with Crippen LogP contribution in [0.5, 0.6) is 0 Å². The van der Waals surface area contributed by atoms with Crippen molar-refractivity contribution in [1.82, 2.24) is 4.98 Å². The summed E-state index contributed by atoms with van der Waals surface area (Å²) in [4.78, 5) is 18.5. The predicted molar refractivity (Wildman–Crippen MR) is 89.3 cm³/mol. The third kappa shape index (κ3) is 2.89. The topological polar surface area (TPSA) is 42.0 Å². The minimum absolute atomic E-state index is 0.0872. The number of anilines is 1.